The zero-order valence-corrected chi connectivity index (χ0v) is 42.9. The van der Waals surface area contributed by atoms with Gasteiger partial charge in [-0.05, 0) is 135 Å². The highest BCUT2D eigenvalue weighted by molar-refractivity contribution is 5.80. The fourth-order valence-corrected chi connectivity index (χ4v) is 8.52. The highest BCUT2D eigenvalue weighted by atomic mass is 15.3. The van der Waals surface area contributed by atoms with Gasteiger partial charge in [0.2, 0.25) is 0 Å². The molecule has 0 N–H and O–H groups in total. The number of fused-ring (bicyclic) bond motifs is 6. The molecule has 0 aliphatic heterocycles. The van der Waals surface area contributed by atoms with Crippen molar-refractivity contribution in [1.82, 2.24) is 88.6 Å². The first-order valence-corrected chi connectivity index (χ1v) is 24.4. The van der Waals surface area contributed by atoms with Crippen LogP contribution in [0.15, 0.2) is 85.7 Å². The van der Waals surface area contributed by atoms with E-state index >= 15 is 0 Å². The van der Waals surface area contributed by atoms with Crippen LogP contribution in [0.5, 0.6) is 0 Å². The van der Waals surface area contributed by atoms with Crippen molar-refractivity contribution in [3.05, 3.63) is 177 Å². The molecule has 12 aromatic rings. The molecule has 0 aliphatic carbocycles. The number of hydrogen-bond acceptors (Lipinski definition) is 15. The van der Waals surface area contributed by atoms with Crippen LogP contribution in [0.25, 0.3) is 50.0 Å². The van der Waals surface area contributed by atoms with Gasteiger partial charge in [-0.15, -0.1) is 0 Å². The average molecular weight is 969 g/mol. The number of rotatable bonds is 9. The highest BCUT2D eigenvalue weighted by Gasteiger charge is 2.14. The summed E-state index contributed by atoms with van der Waals surface area (Å²) in [6.07, 6.45) is 15.5. The summed E-state index contributed by atoms with van der Waals surface area (Å²) in [5.41, 5.74) is 21.5. The molecule has 0 radical (unpaired) electrons. The van der Waals surface area contributed by atoms with E-state index in [-0.39, 0.29) is 0 Å². The van der Waals surface area contributed by atoms with Crippen LogP contribution in [0.2, 0.25) is 0 Å². The number of benzene rings is 3. The maximum absolute atomic E-state index is 4.80. The second-order valence-corrected chi connectivity index (χ2v) is 18.6. The van der Waals surface area contributed by atoms with Crippen LogP contribution in [0, 0.1) is 69.2 Å². The Hall–Kier alpha value is -8.67. The second-order valence-electron chi connectivity index (χ2n) is 18.6. The van der Waals surface area contributed by atoms with Gasteiger partial charge in [0.1, 0.15) is 0 Å². The molecule has 3 aromatic carbocycles. The van der Waals surface area contributed by atoms with Gasteiger partial charge in [-0.2, -0.15) is 15.3 Å². The fraction of sp³-hybridized carbons (Fsp3) is 0.291. The maximum Gasteiger partial charge on any atom is 0.177 e. The van der Waals surface area contributed by atoms with E-state index in [0.29, 0.717) is 0 Å². The van der Waals surface area contributed by atoms with Gasteiger partial charge < -0.3 is 0 Å². The number of nitrogens with zero attached hydrogens (tertiary/aromatic N) is 18. The van der Waals surface area contributed by atoms with Crippen LogP contribution < -0.4 is 0 Å². The molecule has 18 heteroatoms. The lowest BCUT2D eigenvalue weighted by Crippen LogP contribution is -2.00. The second kappa shape index (κ2) is 20.2. The van der Waals surface area contributed by atoms with Crippen LogP contribution in [0.3, 0.4) is 0 Å². The summed E-state index contributed by atoms with van der Waals surface area (Å²) in [5, 5.41) is 13.8. The van der Waals surface area contributed by atoms with E-state index in [1.54, 1.807) is 0 Å². The predicted molar refractivity (Wildman–Crippen MR) is 281 cm³/mol. The normalized spacial score (nSPS) is 11.5. The van der Waals surface area contributed by atoms with Gasteiger partial charge in [0, 0.05) is 56.4 Å². The molecule has 0 saturated carbocycles. The molecule has 9 aromatic heterocycles. The first-order chi connectivity index (χ1) is 35.3. The fourth-order valence-electron chi connectivity index (χ4n) is 8.52. The molecule has 0 saturated heterocycles. The average Bonchev–Trinajstić information content (AvgIpc) is 4.18. The minimum Gasteiger partial charge on any atom is -0.256 e. The van der Waals surface area contributed by atoms with E-state index in [2.05, 4.69) is 105 Å². The van der Waals surface area contributed by atoms with E-state index in [4.69, 9.17) is 9.97 Å². The molecule has 0 spiro atoms. The van der Waals surface area contributed by atoms with Gasteiger partial charge in [0.05, 0.1) is 84.3 Å². The highest BCUT2D eigenvalue weighted by Crippen LogP contribution is 2.21. The Morgan fingerprint density at radius 2 is 0.726 bits per heavy atom. The number of hydrogen-bond donors (Lipinski definition) is 0. The Balaban J connectivity index is 0.000000126. The van der Waals surface area contributed by atoms with Crippen molar-refractivity contribution in [2.45, 2.75) is 108 Å². The van der Waals surface area contributed by atoms with Gasteiger partial charge >= 0.3 is 0 Å². The van der Waals surface area contributed by atoms with Crippen LogP contribution in [0.4, 0.5) is 0 Å². The summed E-state index contributed by atoms with van der Waals surface area (Å²) in [4.78, 5) is 54.6. The Kier molecular flexibility index (Phi) is 13.3. The van der Waals surface area contributed by atoms with Crippen molar-refractivity contribution in [2.24, 2.45) is 0 Å². The predicted octanol–water partition coefficient (Wildman–Crippen LogP) is 8.64. The van der Waals surface area contributed by atoms with Gasteiger partial charge in [-0.25, -0.2) is 43.5 Å². The minimum absolute atomic E-state index is 0.728. The number of aromatic nitrogens is 18. The number of aryl methyl sites for hydroxylation is 16. The third-order valence-corrected chi connectivity index (χ3v) is 13.1. The lowest BCUT2D eigenvalue weighted by molar-refractivity contribution is 0.805. The molecule has 0 unspecified atom stereocenters. The first kappa shape index (κ1) is 48.0. The molecule has 73 heavy (non-hydrogen) atoms. The van der Waals surface area contributed by atoms with Crippen LogP contribution in [-0.2, 0) is 38.5 Å². The standard InChI is InChI=1S/2C19H20N6.C17H16N6/c1-11-5-7-16-18(13(11)3)21-10-15(22-16)6-8-17-23-19-14(4)20-9-12(2)25(19)24-17;1-11-5-7-16-18(13(11)3)22-15(10-21-16)6-8-17-23-19-14(4)20-9-12(2)25(19)24-17;1-11-9-18-12(2)17-21-16(22-23(11)17)8-7-13-10-19-14-5-3-4-6-15(14)20-13/h2*5,7,9-10H,6,8H2,1-4H3;3-6,9-10H,7-8H2,1-2H3. The minimum atomic E-state index is 0.728. The molecule has 18 nitrogen and oxygen atoms in total. The van der Waals surface area contributed by atoms with Gasteiger partial charge in [-0.3, -0.25) is 29.9 Å². The van der Waals surface area contributed by atoms with E-state index < -0.39 is 0 Å². The quantitative estimate of drug-likeness (QED) is 0.133. The van der Waals surface area contributed by atoms with Crippen LogP contribution in [-0.4, -0.2) is 88.6 Å². The van der Waals surface area contributed by atoms with Crippen molar-refractivity contribution in [2.75, 3.05) is 0 Å². The van der Waals surface area contributed by atoms with E-state index in [1.807, 2.05) is 129 Å². The Morgan fingerprint density at radius 1 is 0.329 bits per heavy atom. The zero-order chi connectivity index (χ0) is 50.9. The van der Waals surface area contributed by atoms with Crippen LogP contribution >= 0.6 is 0 Å². The lowest BCUT2D eigenvalue weighted by Gasteiger charge is -2.06. The monoisotopic (exact) mass is 968 g/mol. The molecule has 366 valence electrons. The summed E-state index contributed by atoms with van der Waals surface area (Å²) < 4.78 is 5.57. The topological polar surface area (TPSA) is 207 Å². The van der Waals surface area contributed by atoms with Gasteiger partial charge in [0.15, 0.2) is 34.4 Å². The Labute approximate surface area is 421 Å². The Morgan fingerprint density at radius 3 is 1.21 bits per heavy atom. The summed E-state index contributed by atoms with van der Waals surface area (Å²) in [6.45, 7) is 20.2. The molecular formula is C55H56N18. The Bertz CT molecular complexity index is 3900. The van der Waals surface area contributed by atoms with E-state index in [0.717, 1.165) is 157 Å². The third-order valence-electron chi connectivity index (χ3n) is 13.1. The third kappa shape index (κ3) is 10.1. The van der Waals surface area contributed by atoms with Crippen molar-refractivity contribution in [3.63, 3.8) is 0 Å². The molecule has 0 atom stereocenters. The van der Waals surface area contributed by atoms with E-state index in [1.165, 1.54) is 22.3 Å². The summed E-state index contributed by atoms with van der Waals surface area (Å²) in [5.74, 6) is 2.42. The van der Waals surface area contributed by atoms with Gasteiger partial charge in [-0.1, -0.05) is 24.3 Å². The van der Waals surface area contributed by atoms with Crippen molar-refractivity contribution in [1.29, 1.82) is 0 Å². The molecule has 0 bridgehead atoms. The molecule has 9 heterocycles. The lowest BCUT2D eigenvalue weighted by atomic mass is 10.1. The molecule has 0 amide bonds. The molecular weight excluding hydrogens is 913 g/mol. The summed E-state index contributed by atoms with van der Waals surface area (Å²) in [6, 6.07) is 16.1. The SMILES string of the molecule is Cc1ccc2nc(CCc3nc4c(C)ncc(C)n4n3)cnc2c1C.Cc1ccc2ncc(CCc3nc4c(C)ncc(C)n4n3)nc2c1C.Cc1ncc(C)n2nc(CCc3cnc4ccccc4n3)nc12. The van der Waals surface area contributed by atoms with Crippen molar-refractivity contribution < 1.29 is 0 Å². The number of para-hydroxylation sites is 2. The molecule has 0 fully saturated rings. The van der Waals surface area contributed by atoms with Gasteiger partial charge in [0.25, 0.3) is 0 Å². The summed E-state index contributed by atoms with van der Waals surface area (Å²) >= 11 is 0. The molecule has 12 rings (SSSR count). The van der Waals surface area contributed by atoms with Crippen molar-refractivity contribution >= 4 is 50.0 Å². The van der Waals surface area contributed by atoms with E-state index in [9.17, 15) is 0 Å². The zero-order valence-electron chi connectivity index (χ0n) is 42.9. The largest absolute Gasteiger partial charge is 0.256 e. The maximum atomic E-state index is 4.80. The van der Waals surface area contributed by atoms with Crippen LogP contribution in [0.1, 0.15) is 91.0 Å². The summed E-state index contributed by atoms with van der Waals surface area (Å²) in [7, 11) is 0. The smallest absolute Gasteiger partial charge is 0.177 e. The molecule has 0 aliphatic rings. The van der Waals surface area contributed by atoms with Crippen molar-refractivity contribution in [3.8, 4) is 0 Å². The first-order valence-electron chi connectivity index (χ1n) is 24.4.